The van der Waals surface area contributed by atoms with Gasteiger partial charge in [0.15, 0.2) is 0 Å². The predicted molar refractivity (Wildman–Crippen MR) is 64.0 cm³/mol. The van der Waals surface area contributed by atoms with Gasteiger partial charge in [-0.25, -0.2) is 0 Å². The van der Waals surface area contributed by atoms with Crippen LogP contribution in [0.3, 0.4) is 0 Å². The van der Waals surface area contributed by atoms with Crippen molar-refractivity contribution >= 4 is 5.91 Å². The van der Waals surface area contributed by atoms with Crippen LogP contribution >= 0.6 is 0 Å². The summed E-state index contributed by atoms with van der Waals surface area (Å²) in [6.45, 7) is 1.04. The molecule has 1 amide bonds. The van der Waals surface area contributed by atoms with Gasteiger partial charge in [-0.1, -0.05) is 12.8 Å². The second-order valence-electron chi connectivity index (χ2n) is 5.25. The van der Waals surface area contributed by atoms with Crippen molar-refractivity contribution in [1.82, 2.24) is 9.80 Å². The summed E-state index contributed by atoms with van der Waals surface area (Å²) in [6.07, 6.45) is 5.55. The van der Waals surface area contributed by atoms with Gasteiger partial charge >= 0.3 is 0 Å². The highest BCUT2D eigenvalue weighted by molar-refractivity contribution is 5.82. The number of amides is 1. The summed E-state index contributed by atoms with van der Waals surface area (Å²) in [5.41, 5.74) is 6.10. The molecule has 0 radical (unpaired) electrons. The number of likely N-dealkylation sites (tertiary alicyclic amines) is 1. The van der Waals surface area contributed by atoms with E-state index in [2.05, 4.69) is 4.90 Å². The molecule has 1 aliphatic heterocycles. The van der Waals surface area contributed by atoms with Gasteiger partial charge in [0.05, 0.1) is 6.04 Å². The Hall–Kier alpha value is -0.610. The third-order valence-electron chi connectivity index (χ3n) is 4.20. The zero-order chi connectivity index (χ0) is 11.7. The summed E-state index contributed by atoms with van der Waals surface area (Å²) < 4.78 is 0. The molecule has 0 spiro atoms. The Morgan fingerprint density at radius 2 is 2.00 bits per heavy atom. The minimum Gasteiger partial charge on any atom is -0.340 e. The standard InChI is InChI=1S/C12H23N3O/c1-14-8-7-11(14)12(16)15(2)10-6-4-3-5-9(10)13/h9-11H,3-8,13H2,1-2H3/t9-,10-,11-/m0/s1. The van der Waals surface area contributed by atoms with Crippen LogP contribution in [-0.2, 0) is 4.79 Å². The van der Waals surface area contributed by atoms with E-state index in [0.717, 1.165) is 25.8 Å². The maximum absolute atomic E-state index is 12.2. The number of rotatable bonds is 2. The van der Waals surface area contributed by atoms with E-state index in [1.165, 1.54) is 12.8 Å². The van der Waals surface area contributed by atoms with Gasteiger partial charge in [0.2, 0.25) is 5.91 Å². The fourth-order valence-electron chi connectivity index (χ4n) is 2.85. The molecule has 0 aromatic carbocycles. The first-order valence-electron chi connectivity index (χ1n) is 6.33. The van der Waals surface area contributed by atoms with E-state index in [4.69, 9.17) is 5.73 Å². The SMILES string of the molecule is CN1CC[C@H]1C(=O)N(C)[C@H]1CCCC[C@@H]1N. The van der Waals surface area contributed by atoms with Gasteiger partial charge in [-0.2, -0.15) is 0 Å². The molecule has 1 heterocycles. The van der Waals surface area contributed by atoms with Gasteiger partial charge in [0, 0.05) is 25.7 Å². The zero-order valence-corrected chi connectivity index (χ0v) is 10.4. The molecule has 0 aromatic heterocycles. The van der Waals surface area contributed by atoms with Crippen LogP contribution in [0.4, 0.5) is 0 Å². The van der Waals surface area contributed by atoms with Gasteiger partial charge in [-0.3, -0.25) is 9.69 Å². The average molecular weight is 225 g/mol. The van der Waals surface area contributed by atoms with Gasteiger partial charge in [0.25, 0.3) is 0 Å². The molecule has 2 fully saturated rings. The first kappa shape index (κ1) is 11.9. The lowest BCUT2D eigenvalue weighted by Gasteiger charge is -2.43. The third kappa shape index (κ3) is 2.09. The molecule has 4 heteroatoms. The van der Waals surface area contributed by atoms with E-state index in [-0.39, 0.29) is 24.0 Å². The molecule has 4 nitrogen and oxygen atoms in total. The minimum absolute atomic E-state index is 0.110. The Bertz CT molecular complexity index is 269. The Balaban J connectivity index is 1.94. The van der Waals surface area contributed by atoms with Gasteiger partial charge in [-0.15, -0.1) is 0 Å². The van der Waals surface area contributed by atoms with E-state index in [0.29, 0.717) is 0 Å². The Kier molecular flexibility index (Phi) is 3.50. The second kappa shape index (κ2) is 4.72. The molecule has 0 aromatic rings. The van der Waals surface area contributed by atoms with Crippen LogP contribution in [0.5, 0.6) is 0 Å². The van der Waals surface area contributed by atoms with Crippen LogP contribution in [-0.4, -0.2) is 54.5 Å². The number of carbonyl (C=O) groups excluding carboxylic acids is 1. The maximum atomic E-state index is 12.2. The molecule has 3 atom stereocenters. The number of hydrogen-bond donors (Lipinski definition) is 1. The summed E-state index contributed by atoms with van der Waals surface area (Å²) >= 11 is 0. The van der Waals surface area contributed by atoms with Crippen LogP contribution < -0.4 is 5.73 Å². The highest BCUT2D eigenvalue weighted by Gasteiger charge is 2.37. The number of hydrogen-bond acceptors (Lipinski definition) is 3. The van der Waals surface area contributed by atoms with Crippen molar-refractivity contribution in [1.29, 1.82) is 0 Å². The molecule has 1 saturated carbocycles. The summed E-state index contributed by atoms with van der Waals surface area (Å²) in [5.74, 6) is 0.260. The second-order valence-corrected chi connectivity index (χ2v) is 5.25. The van der Waals surface area contributed by atoms with Crippen molar-refractivity contribution in [3.05, 3.63) is 0 Å². The van der Waals surface area contributed by atoms with Crippen LogP contribution in [0.25, 0.3) is 0 Å². The molecular formula is C12H23N3O. The first-order valence-corrected chi connectivity index (χ1v) is 6.33. The fourth-order valence-corrected chi connectivity index (χ4v) is 2.85. The van der Waals surface area contributed by atoms with Crippen molar-refractivity contribution in [2.45, 2.75) is 50.2 Å². The average Bonchev–Trinajstić information content (AvgIpc) is 2.26. The summed E-state index contributed by atoms with van der Waals surface area (Å²) in [7, 11) is 3.94. The minimum atomic E-state index is 0.110. The van der Waals surface area contributed by atoms with Crippen molar-refractivity contribution in [3.63, 3.8) is 0 Å². The summed E-state index contributed by atoms with van der Waals surface area (Å²) in [5, 5.41) is 0. The van der Waals surface area contributed by atoms with Crippen molar-refractivity contribution in [3.8, 4) is 0 Å². The number of nitrogens with zero attached hydrogens (tertiary/aromatic N) is 2. The maximum Gasteiger partial charge on any atom is 0.240 e. The largest absolute Gasteiger partial charge is 0.340 e. The number of carbonyl (C=O) groups is 1. The molecule has 1 aliphatic carbocycles. The molecule has 1 saturated heterocycles. The number of nitrogens with two attached hydrogens (primary N) is 1. The molecule has 2 aliphatic rings. The molecule has 0 bridgehead atoms. The van der Waals surface area contributed by atoms with E-state index in [9.17, 15) is 4.79 Å². The van der Waals surface area contributed by atoms with Gasteiger partial charge in [0.1, 0.15) is 0 Å². The highest BCUT2D eigenvalue weighted by atomic mass is 16.2. The Labute approximate surface area is 97.8 Å². The Morgan fingerprint density at radius 1 is 1.31 bits per heavy atom. The fraction of sp³-hybridized carbons (Fsp3) is 0.917. The smallest absolute Gasteiger partial charge is 0.240 e. The van der Waals surface area contributed by atoms with Crippen molar-refractivity contribution < 1.29 is 4.79 Å². The van der Waals surface area contributed by atoms with Gasteiger partial charge < -0.3 is 10.6 Å². The van der Waals surface area contributed by atoms with Crippen molar-refractivity contribution in [2.24, 2.45) is 5.73 Å². The van der Waals surface area contributed by atoms with E-state index < -0.39 is 0 Å². The predicted octanol–water partition coefficient (Wildman–Crippen LogP) is 0.419. The Morgan fingerprint density at radius 3 is 2.50 bits per heavy atom. The van der Waals surface area contributed by atoms with E-state index in [1.54, 1.807) is 0 Å². The number of likely N-dealkylation sites (N-methyl/N-ethyl adjacent to an activating group) is 2. The summed E-state index contributed by atoms with van der Waals surface area (Å²) in [4.78, 5) is 16.2. The third-order valence-corrected chi connectivity index (χ3v) is 4.20. The molecule has 2 rings (SSSR count). The molecule has 2 N–H and O–H groups in total. The van der Waals surface area contributed by atoms with Crippen LogP contribution in [0, 0.1) is 0 Å². The molecular weight excluding hydrogens is 202 g/mol. The van der Waals surface area contributed by atoms with E-state index in [1.807, 2.05) is 19.0 Å². The van der Waals surface area contributed by atoms with E-state index >= 15 is 0 Å². The van der Waals surface area contributed by atoms with Crippen LogP contribution in [0.1, 0.15) is 32.1 Å². The molecule has 92 valence electrons. The van der Waals surface area contributed by atoms with Crippen molar-refractivity contribution in [2.75, 3.05) is 20.6 Å². The first-order chi connectivity index (χ1) is 7.61. The quantitative estimate of drug-likeness (QED) is 0.741. The van der Waals surface area contributed by atoms with Crippen LogP contribution in [0.2, 0.25) is 0 Å². The monoisotopic (exact) mass is 225 g/mol. The lowest BCUT2D eigenvalue weighted by atomic mass is 9.89. The lowest BCUT2D eigenvalue weighted by Crippen LogP contribution is -2.59. The highest BCUT2D eigenvalue weighted by Crippen LogP contribution is 2.24. The topological polar surface area (TPSA) is 49.6 Å². The molecule has 0 unspecified atom stereocenters. The summed E-state index contributed by atoms with van der Waals surface area (Å²) in [6, 6.07) is 0.544. The normalized spacial score (nSPS) is 35.6. The van der Waals surface area contributed by atoms with Crippen LogP contribution in [0.15, 0.2) is 0 Å². The zero-order valence-electron chi connectivity index (χ0n) is 10.4. The molecule has 16 heavy (non-hydrogen) atoms. The van der Waals surface area contributed by atoms with Gasteiger partial charge in [-0.05, 0) is 26.3 Å². The lowest BCUT2D eigenvalue weighted by molar-refractivity contribution is -0.142.